The van der Waals surface area contributed by atoms with Gasteiger partial charge in [0.25, 0.3) is 5.56 Å². The van der Waals surface area contributed by atoms with Crippen LogP contribution in [0, 0.1) is 6.92 Å². The van der Waals surface area contributed by atoms with Crippen molar-refractivity contribution in [1.82, 2.24) is 14.5 Å². The third-order valence-electron chi connectivity index (χ3n) is 2.96. The van der Waals surface area contributed by atoms with E-state index >= 15 is 0 Å². The van der Waals surface area contributed by atoms with Crippen LogP contribution in [0.1, 0.15) is 5.69 Å². The SMILES string of the molecule is Cc1cc(=O)n2ccccc2n1.c1ccc2oncc2c1. The van der Waals surface area contributed by atoms with Gasteiger partial charge in [-0.25, -0.2) is 4.98 Å². The first-order valence-electron chi connectivity index (χ1n) is 6.48. The summed E-state index contributed by atoms with van der Waals surface area (Å²) in [5.41, 5.74) is 2.27. The number of aromatic nitrogens is 3. The number of benzene rings is 1. The first kappa shape index (κ1) is 13.1. The third-order valence-corrected chi connectivity index (χ3v) is 2.96. The Morgan fingerprint density at radius 1 is 1.10 bits per heavy atom. The van der Waals surface area contributed by atoms with E-state index in [0.29, 0.717) is 5.65 Å². The van der Waals surface area contributed by atoms with E-state index in [0.717, 1.165) is 16.7 Å². The summed E-state index contributed by atoms with van der Waals surface area (Å²) >= 11 is 0. The lowest BCUT2D eigenvalue weighted by molar-refractivity contribution is 0.456. The van der Waals surface area contributed by atoms with Crippen molar-refractivity contribution in [2.45, 2.75) is 6.92 Å². The zero-order valence-electron chi connectivity index (χ0n) is 11.4. The molecule has 21 heavy (non-hydrogen) atoms. The standard InChI is InChI=1S/C9H8N2O.C7H5NO/c1-7-6-9(12)11-5-3-2-4-8(11)10-7;1-2-4-7-6(3-1)5-8-9-7/h2-6H,1H3;1-5H. The van der Waals surface area contributed by atoms with Crippen molar-refractivity contribution in [3.05, 3.63) is 77.0 Å². The second-order valence-electron chi connectivity index (χ2n) is 4.53. The number of para-hydroxylation sites is 1. The molecule has 4 aromatic rings. The first-order valence-corrected chi connectivity index (χ1v) is 6.48. The molecular weight excluding hydrogens is 266 g/mol. The fourth-order valence-electron chi connectivity index (χ4n) is 1.98. The Morgan fingerprint density at radius 3 is 2.76 bits per heavy atom. The van der Waals surface area contributed by atoms with Crippen LogP contribution < -0.4 is 5.56 Å². The summed E-state index contributed by atoms with van der Waals surface area (Å²) in [6.45, 7) is 1.81. The Hall–Kier alpha value is -2.95. The minimum absolute atomic E-state index is 0.0295. The van der Waals surface area contributed by atoms with Crippen LogP contribution in [-0.2, 0) is 0 Å². The monoisotopic (exact) mass is 279 g/mol. The van der Waals surface area contributed by atoms with Gasteiger partial charge >= 0.3 is 0 Å². The molecule has 0 atom stereocenters. The molecule has 0 bridgehead atoms. The Bertz CT molecular complexity index is 910. The Balaban J connectivity index is 0.000000131. The smallest absolute Gasteiger partial charge is 0.258 e. The molecule has 0 aliphatic carbocycles. The second-order valence-corrected chi connectivity index (χ2v) is 4.53. The molecule has 1 aromatic carbocycles. The van der Waals surface area contributed by atoms with Gasteiger partial charge < -0.3 is 4.52 Å². The molecule has 0 saturated heterocycles. The molecule has 5 nitrogen and oxygen atoms in total. The first-order chi connectivity index (χ1) is 10.2. The van der Waals surface area contributed by atoms with Crippen molar-refractivity contribution < 1.29 is 4.52 Å². The maximum absolute atomic E-state index is 11.3. The molecule has 5 heteroatoms. The highest BCUT2D eigenvalue weighted by Gasteiger charge is 1.95. The lowest BCUT2D eigenvalue weighted by atomic mass is 10.3. The summed E-state index contributed by atoms with van der Waals surface area (Å²) < 4.78 is 6.39. The Kier molecular flexibility index (Phi) is 3.47. The van der Waals surface area contributed by atoms with Gasteiger partial charge in [0.15, 0.2) is 5.58 Å². The van der Waals surface area contributed by atoms with Gasteiger partial charge in [-0.05, 0) is 31.2 Å². The van der Waals surface area contributed by atoms with E-state index in [1.807, 2.05) is 49.4 Å². The predicted octanol–water partition coefficient (Wildman–Crippen LogP) is 2.83. The summed E-state index contributed by atoms with van der Waals surface area (Å²) in [6, 6.07) is 14.7. The summed E-state index contributed by atoms with van der Waals surface area (Å²) in [7, 11) is 0. The van der Waals surface area contributed by atoms with Gasteiger partial charge in [0.05, 0.1) is 6.20 Å². The van der Waals surface area contributed by atoms with Gasteiger partial charge in [0, 0.05) is 23.3 Å². The van der Waals surface area contributed by atoms with E-state index in [-0.39, 0.29) is 5.56 Å². The van der Waals surface area contributed by atoms with E-state index in [2.05, 4.69) is 10.1 Å². The summed E-state index contributed by atoms with van der Waals surface area (Å²) in [6.07, 6.45) is 3.42. The Labute approximate surface area is 120 Å². The number of hydrogen-bond acceptors (Lipinski definition) is 4. The van der Waals surface area contributed by atoms with Gasteiger partial charge in [-0.1, -0.05) is 23.4 Å². The molecule has 104 valence electrons. The van der Waals surface area contributed by atoms with E-state index in [4.69, 9.17) is 4.52 Å². The highest BCUT2D eigenvalue weighted by Crippen LogP contribution is 2.10. The van der Waals surface area contributed by atoms with E-state index in [1.54, 1.807) is 12.4 Å². The molecule has 3 heterocycles. The molecule has 0 radical (unpaired) electrons. The van der Waals surface area contributed by atoms with Gasteiger partial charge in [-0.15, -0.1) is 0 Å². The summed E-state index contributed by atoms with van der Waals surface area (Å²) in [5.74, 6) is 0. The number of rotatable bonds is 0. The number of pyridine rings is 1. The van der Waals surface area contributed by atoms with Crippen molar-refractivity contribution in [1.29, 1.82) is 0 Å². The van der Waals surface area contributed by atoms with Crippen molar-refractivity contribution in [2.75, 3.05) is 0 Å². The number of hydrogen-bond donors (Lipinski definition) is 0. The predicted molar refractivity (Wildman–Crippen MR) is 80.2 cm³/mol. The topological polar surface area (TPSA) is 60.4 Å². The summed E-state index contributed by atoms with van der Waals surface area (Å²) in [4.78, 5) is 15.5. The molecule has 0 fully saturated rings. The lowest BCUT2D eigenvalue weighted by Crippen LogP contribution is -2.13. The minimum Gasteiger partial charge on any atom is -0.356 e. The molecule has 0 aliphatic heterocycles. The minimum atomic E-state index is -0.0295. The molecule has 0 saturated carbocycles. The van der Waals surface area contributed by atoms with Crippen molar-refractivity contribution in [2.24, 2.45) is 0 Å². The second kappa shape index (κ2) is 5.58. The average molecular weight is 279 g/mol. The van der Waals surface area contributed by atoms with Crippen LogP contribution in [0.2, 0.25) is 0 Å². The fraction of sp³-hybridized carbons (Fsp3) is 0.0625. The fourth-order valence-corrected chi connectivity index (χ4v) is 1.98. The molecule has 3 aromatic heterocycles. The largest absolute Gasteiger partial charge is 0.356 e. The average Bonchev–Trinajstić information content (AvgIpc) is 2.96. The van der Waals surface area contributed by atoms with Crippen molar-refractivity contribution in [3.8, 4) is 0 Å². The van der Waals surface area contributed by atoms with Crippen LogP contribution in [0.3, 0.4) is 0 Å². The van der Waals surface area contributed by atoms with Crippen molar-refractivity contribution in [3.63, 3.8) is 0 Å². The zero-order valence-corrected chi connectivity index (χ0v) is 11.4. The van der Waals surface area contributed by atoms with Gasteiger partial charge in [-0.3, -0.25) is 9.20 Å². The summed E-state index contributed by atoms with van der Waals surface area (Å²) in [5, 5.41) is 4.68. The molecule has 0 unspecified atom stereocenters. The van der Waals surface area contributed by atoms with Crippen molar-refractivity contribution >= 4 is 16.6 Å². The number of nitrogens with zero attached hydrogens (tertiary/aromatic N) is 3. The zero-order chi connectivity index (χ0) is 14.7. The normalized spacial score (nSPS) is 10.3. The highest BCUT2D eigenvalue weighted by molar-refractivity contribution is 5.75. The van der Waals surface area contributed by atoms with E-state index < -0.39 is 0 Å². The van der Waals surface area contributed by atoms with Crippen LogP contribution >= 0.6 is 0 Å². The molecule has 4 rings (SSSR count). The maximum Gasteiger partial charge on any atom is 0.258 e. The van der Waals surface area contributed by atoms with Crippen LogP contribution in [0.5, 0.6) is 0 Å². The van der Waals surface area contributed by atoms with Crippen LogP contribution in [0.25, 0.3) is 16.6 Å². The van der Waals surface area contributed by atoms with E-state index in [9.17, 15) is 4.79 Å². The van der Waals surface area contributed by atoms with Crippen LogP contribution in [-0.4, -0.2) is 14.5 Å². The van der Waals surface area contributed by atoms with Gasteiger partial charge in [-0.2, -0.15) is 0 Å². The van der Waals surface area contributed by atoms with Crippen LogP contribution in [0.4, 0.5) is 0 Å². The third kappa shape index (κ3) is 2.81. The Morgan fingerprint density at radius 2 is 1.90 bits per heavy atom. The van der Waals surface area contributed by atoms with Gasteiger partial charge in [0.2, 0.25) is 0 Å². The highest BCUT2D eigenvalue weighted by atomic mass is 16.5. The van der Waals surface area contributed by atoms with E-state index in [1.165, 1.54) is 10.5 Å². The number of aryl methyl sites for hydroxylation is 1. The molecular formula is C16H13N3O2. The molecule has 0 spiro atoms. The lowest BCUT2D eigenvalue weighted by Gasteiger charge is -1.98. The van der Waals surface area contributed by atoms with Crippen LogP contribution in [0.15, 0.2) is 70.2 Å². The number of fused-ring (bicyclic) bond motifs is 2. The van der Waals surface area contributed by atoms with Gasteiger partial charge in [0.1, 0.15) is 5.65 Å². The quantitative estimate of drug-likeness (QED) is 0.496. The maximum atomic E-state index is 11.3. The molecule has 0 amide bonds. The molecule has 0 aliphatic rings. The molecule has 0 N–H and O–H groups in total.